The lowest BCUT2D eigenvalue weighted by atomic mass is 9.86. The summed E-state index contributed by atoms with van der Waals surface area (Å²) in [7, 11) is 0. The highest BCUT2D eigenvalue weighted by atomic mass is 79.9. The largest absolute Gasteiger partial charge is 0.507 e. The SMILES string of the molecule is CC(C)(C)c1c(F)cc(O)c(Br)c1F. The zero-order valence-corrected chi connectivity index (χ0v) is 9.74. The van der Waals surface area contributed by atoms with Gasteiger partial charge in [-0.3, -0.25) is 0 Å². The maximum Gasteiger partial charge on any atom is 0.147 e. The van der Waals surface area contributed by atoms with Crippen LogP contribution in [0, 0.1) is 11.6 Å². The van der Waals surface area contributed by atoms with Crippen LogP contribution >= 0.6 is 15.9 Å². The Kier molecular flexibility index (Phi) is 2.86. The van der Waals surface area contributed by atoms with Gasteiger partial charge in [0.05, 0.1) is 4.47 Å². The van der Waals surface area contributed by atoms with E-state index in [1.54, 1.807) is 20.8 Å². The quantitative estimate of drug-likeness (QED) is 0.708. The van der Waals surface area contributed by atoms with Crippen molar-refractivity contribution in [2.75, 3.05) is 0 Å². The zero-order valence-electron chi connectivity index (χ0n) is 8.16. The molecule has 1 rings (SSSR count). The first-order valence-corrected chi connectivity index (χ1v) is 4.91. The van der Waals surface area contributed by atoms with E-state index in [-0.39, 0.29) is 10.0 Å². The van der Waals surface area contributed by atoms with Crippen molar-refractivity contribution in [3.05, 3.63) is 27.7 Å². The Morgan fingerprint density at radius 3 is 2.21 bits per heavy atom. The molecular formula is C10H11BrF2O. The molecule has 0 radical (unpaired) electrons. The van der Waals surface area contributed by atoms with E-state index in [1.165, 1.54) is 0 Å². The summed E-state index contributed by atoms with van der Waals surface area (Å²) in [5.74, 6) is -1.89. The molecule has 78 valence electrons. The molecule has 1 aromatic rings. The minimum atomic E-state index is -0.741. The van der Waals surface area contributed by atoms with E-state index >= 15 is 0 Å². The van der Waals surface area contributed by atoms with Crippen LogP contribution in [0.5, 0.6) is 5.75 Å². The molecule has 0 amide bonds. The number of hydrogen-bond acceptors (Lipinski definition) is 1. The second-order valence-corrected chi connectivity index (χ2v) is 4.92. The summed E-state index contributed by atoms with van der Waals surface area (Å²) in [6, 6.07) is 0.910. The third-order valence-electron chi connectivity index (χ3n) is 1.89. The lowest BCUT2D eigenvalue weighted by molar-refractivity contribution is 0.433. The summed E-state index contributed by atoms with van der Waals surface area (Å²) in [4.78, 5) is 0. The number of aromatic hydroxyl groups is 1. The number of benzene rings is 1. The van der Waals surface area contributed by atoms with Crippen molar-refractivity contribution in [1.82, 2.24) is 0 Å². The Labute approximate surface area is 89.9 Å². The van der Waals surface area contributed by atoms with E-state index in [1.807, 2.05) is 0 Å². The van der Waals surface area contributed by atoms with Crippen molar-refractivity contribution in [1.29, 1.82) is 0 Å². The fourth-order valence-electron chi connectivity index (χ4n) is 1.27. The summed E-state index contributed by atoms with van der Waals surface area (Å²) >= 11 is 2.86. The average molecular weight is 265 g/mol. The Hall–Kier alpha value is -0.640. The molecule has 0 atom stereocenters. The molecule has 1 N–H and O–H groups in total. The van der Waals surface area contributed by atoms with Gasteiger partial charge in [0, 0.05) is 11.6 Å². The minimum absolute atomic E-state index is 0.0258. The van der Waals surface area contributed by atoms with Crippen LogP contribution in [0.4, 0.5) is 8.78 Å². The van der Waals surface area contributed by atoms with Crippen LogP contribution in [0.2, 0.25) is 0 Å². The normalized spacial score (nSPS) is 11.9. The standard InChI is InChI=1S/C10H11BrF2O/c1-10(2,3)7-5(12)4-6(14)8(11)9(7)13/h4,14H,1-3H3. The molecule has 0 aliphatic heterocycles. The Morgan fingerprint density at radius 2 is 1.79 bits per heavy atom. The number of halogens is 3. The summed E-state index contributed by atoms with van der Waals surface area (Å²) in [5.41, 5.74) is -0.660. The molecule has 0 aromatic heterocycles. The van der Waals surface area contributed by atoms with Gasteiger partial charge in [-0.25, -0.2) is 8.78 Å². The lowest BCUT2D eigenvalue weighted by Crippen LogP contribution is -2.16. The fourth-order valence-corrected chi connectivity index (χ4v) is 1.58. The lowest BCUT2D eigenvalue weighted by Gasteiger charge is -2.21. The molecule has 0 aliphatic rings. The van der Waals surface area contributed by atoms with Gasteiger partial charge in [0.15, 0.2) is 0 Å². The first-order chi connectivity index (χ1) is 6.25. The maximum absolute atomic E-state index is 13.6. The van der Waals surface area contributed by atoms with Crippen LogP contribution in [-0.2, 0) is 5.41 Å². The summed E-state index contributed by atoms with van der Waals surface area (Å²) in [6.45, 7) is 5.12. The highest BCUT2D eigenvalue weighted by molar-refractivity contribution is 9.10. The van der Waals surface area contributed by atoms with Crippen molar-refractivity contribution in [3.63, 3.8) is 0 Å². The minimum Gasteiger partial charge on any atom is -0.507 e. The molecule has 0 bridgehead atoms. The number of phenolic OH excluding ortho intramolecular Hbond substituents is 1. The van der Waals surface area contributed by atoms with Crippen molar-refractivity contribution in [2.45, 2.75) is 26.2 Å². The van der Waals surface area contributed by atoms with Gasteiger partial charge in [0.2, 0.25) is 0 Å². The summed E-state index contributed by atoms with van der Waals surface area (Å²) in [5, 5.41) is 9.14. The predicted molar refractivity (Wildman–Crippen MR) is 54.4 cm³/mol. The topological polar surface area (TPSA) is 20.2 Å². The second-order valence-electron chi connectivity index (χ2n) is 4.13. The van der Waals surface area contributed by atoms with Gasteiger partial charge < -0.3 is 5.11 Å². The van der Waals surface area contributed by atoms with Gasteiger partial charge in [-0.1, -0.05) is 20.8 Å². The van der Waals surface area contributed by atoms with Crippen LogP contribution in [-0.4, -0.2) is 5.11 Å². The molecule has 0 fully saturated rings. The fraction of sp³-hybridized carbons (Fsp3) is 0.400. The van der Waals surface area contributed by atoms with Gasteiger partial charge in [0.25, 0.3) is 0 Å². The van der Waals surface area contributed by atoms with Crippen molar-refractivity contribution in [3.8, 4) is 5.75 Å². The van der Waals surface area contributed by atoms with Crippen molar-refractivity contribution in [2.24, 2.45) is 0 Å². The molecule has 0 saturated heterocycles. The van der Waals surface area contributed by atoms with Crippen LogP contribution in [0.1, 0.15) is 26.3 Å². The van der Waals surface area contributed by atoms with Crippen LogP contribution in [0.15, 0.2) is 10.5 Å². The Balaban J connectivity index is 3.53. The van der Waals surface area contributed by atoms with E-state index in [0.29, 0.717) is 0 Å². The predicted octanol–water partition coefficient (Wildman–Crippen LogP) is 3.73. The molecule has 0 saturated carbocycles. The maximum atomic E-state index is 13.6. The van der Waals surface area contributed by atoms with E-state index in [9.17, 15) is 8.78 Å². The number of rotatable bonds is 0. The molecule has 1 aromatic carbocycles. The Bertz CT molecular complexity index is 369. The summed E-state index contributed by atoms with van der Waals surface area (Å²) in [6.07, 6.45) is 0. The number of hydrogen-bond donors (Lipinski definition) is 1. The van der Waals surface area contributed by atoms with Gasteiger partial charge in [-0.05, 0) is 21.3 Å². The van der Waals surface area contributed by atoms with E-state index < -0.39 is 22.8 Å². The van der Waals surface area contributed by atoms with Crippen LogP contribution in [0.3, 0.4) is 0 Å². The van der Waals surface area contributed by atoms with Crippen LogP contribution < -0.4 is 0 Å². The molecule has 0 heterocycles. The van der Waals surface area contributed by atoms with E-state index in [2.05, 4.69) is 15.9 Å². The zero-order chi connectivity index (χ0) is 11.1. The van der Waals surface area contributed by atoms with Crippen molar-refractivity contribution >= 4 is 15.9 Å². The van der Waals surface area contributed by atoms with Gasteiger partial charge in [-0.15, -0.1) is 0 Å². The van der Waals surface area contributed by atoms with Crippen LogP contribution in [0.25, 0.3) is 0 Å². The van der Waals surface area contributed by atoms with Gasteiger partial charge in [0.1, 0.15) is 17.4 Å². The summed E-state index contributed by atoms with van der Waals surface area (Å²) < 4.78 is 26.8. The first kappa shape index (κ1) is 11.4. The molecule has 14 heavy (non-hydrogen) atoms. The highest BCUT2D eigenvalue weighted by Crippen LogP contribution is 2.36. The Morgan fingerprint density at radius 1 is 1.29 bits per heavy atom. The van der Waals surface area contributed by atoms with Gasteiger partial charge in [-0.2, -0.15) is 0 Å². The smallest absolute Gasteiger partial charge is 0.147 e. The van der Waals surface area contributed by atoms with E-state index in [4.69, 9.17) is 5.11 Å². The second kappa shape index (κ2) is 3.50. The molecule has 0 unspecified atom stereocenters. The number of phenols is 1. The molecule has 4 heteroatoms. The first-order valence-electron chi connectivity index (χ1n) is 4.12. The molecule has 1 nitrogen and oxygen atoms in total. The van der Waals surface area contributed by atoms with Gasteiger partial charge >= 0.3 is 0 Å². The molecule has 0 spiro atoms. The highest BCUT2D eigenvalue weighted by Gasteiger charge is 2.26. The van der Waals surface area contributed by atoms with Crippen molar-refractivity contribution < 1.29 is 13.9 Å². The monoisotopic (exact) mass is 264 g/mol. The average Bonchev–Trinajstić information content (AvgIpc) is 1.97. The molecule has 0 aliphatic carbocycles. The third kappa shape index (κ3) is 1.90. The molecular weight excluding hydrogens is 254 g/mol. The third-order valence-corrected chi connectivity index (χ3v) is 2.64. The van der Waals surface area contributed by atoms with E-state index in [0.717, 1.165) is 6.07 Å².